The molecule has 1 aromatic carbocycles. The lowest BCUT2D eigenvalue weighted by Gasteiger charge is -2.39. The van der Waals surface area contributed by atoms with E-state index in [0.717, 1.165) is 18.4 Å². The van der Waals surface area contributed by atoms with Crippen molar-refractivity contribution in [3.8, 4) is 5.75 Å². The molecule has 0 saturated heterocycles. The first-order valence-electron chi connectivity index (χ1n) is 11.7. The number of carbonyl (C=O) groups excluding carboxylic acids is 2. The highest BCUT2D eigenvalue weighted by Gasteiger charge is 2.63. The van der Waals surface area contributed by atoms with Gasteiger partial charge < -0.3 is 14.8 Å². The summed E-state index contributed by atoms with van der Waals surface area (Å²) >= 11 is 0. The number of aryl methyl sites for hydroxylation is 1. The third-order valence-corrected chi connectivity index (χ3v) is 8.23. The lowest BCUT2D eigenvalue weighted by Crippen LogP contribution is -2.49. The minimum Gasteiger partial charge on any atom is -0.460 e. The molecule has 2 fully saturated rings. The molecule has 1 aromatic rings. The Kier molecular flexibility index (Phi) is 6.46. The van der Waals surface area contributed by atoms with E-state index in [1.807, 2.05) is 39.0 Å². The molecule has 1 amide bonds. The van der Waals surface area contributed by atoms with Gasteiger partial charge in [0.05, 0.1) is 0 Å². The Hall–Kier alpha value is -2.04. The van der Waals surface area contributed by atoms with Gasteiger partial charge >= 0.3 is 12.1 Å². The summed E-state index contributed by atoms with van der Waals surface area (Å²) in [6.45, 7) is 16.8. The molecule has 5 heteroatoms. The van der Waals surface area contributed by atoms with Crippen LogP contribution in [-0.2, 0) is 9.53 Å². The van der Waals surface area contributed by atoms with E-state index in [-0.39, 0.29) is 28.8 Å². The van der Waals surface area contributed by atoms with Crippen molar-refractivity contribution in [1.29, 1.82) is 0 Å². The number of ether oxygens (including phenoxy) is 2. The Balaban J connectivity index is 1.65. The Labute approximate surface area is 187 Å². The summed E-state index contributed by atoms with van der Waals surface area (Å²) in [5.41, 5.74) is 2.24. The van der Waals surface area contributed by atoms with Crippen LogP contribution in [0.2, 0.25) is 0 Å². The van der Waals surface area contributed by atoms with E-state index in [0.29, 0.717) is 17.6 Å². The van der Waals surface area contributed by atoms with Crippen LogP contribution in [0.4, 0.5) is 4.79 Å². The van der Waals surface area contributed by atoms with Crippen molar-refractivity contribution in [1.82, 2.24) is 5.32 Å². The van der Waals surface area contributed by atoms with Crippen LogP contribution >= 0.6 is 0 Å². The van der Waals surface area contributed by atoms with Crippen LogP contribution < -0.4 is 10.1 Å². The fraction of sp³-hybridized carbons (Fsp3) is 0.692. The molecule has 4 atom stereocenters. The van der Waals surface area contributed by atoms with E-state index in [2.05, 4.69) is 39.9 Å². The summed E-state index contributed by atoms with van der Waals surface area (Å²) in [5, 5.41) is 2.74. The third kappa shape index (κ3) is 4.33. The molecule has 0 spiro atoms. The van der Waals surface area contributed by atoms with E-state index in [9.17, 15) is 9.59 Å². The van der Waals surface area contributed by atoms with Crippen LogP contribution in [0.5, 0.6) is 5.75 Å². The number of hydrogen-bond donors (Lipinski definition) is 1. The highest BCUT2D eigenvalue weighted by molar-refractivity contribution is 5.82. The van der Waals surface area contributed by atoms with E-state index in [4.69, 9.17) is 9.47 Å². The molecule has 3 rings (SSSR count). The van der Waals surface area contributed by atoms with E-state index in [1.165, 1.54) is 12.0 Å². The zero-order valence-corrected chi connectivity index (χ0v) is 20.4. The number of benzene rings is 1. The van der Waals surface area contributed by atoms with Gasteiger partial charge in [-0.15, -0.1) is 0 Å². The van der Waals surface area contributed by atoms with E-state index in [1.54, 1.807) is 0 Å². The standard InChI is InChI=1S/C26H39NO4/c1-15(2)18-9-10-20(17(5)13-18)30-24(29)27-22(16(3)4)23(28)31-21-14-19-11-12-26(21,8)25(19,6)7/h9-10,13,15-16,19,21-22H,11-12,14H2,1-8H3,(H,27,29)/t19?,21?,22-,26?/m1/s1. The summed E-state index contributed by atoms with van der Waals surface area (Å²) in [5.74, 6) is 1.01. The summed E-state index contributed by atoms with van der Waals surface area (Å²) < 4.78 is 11.5. The molecule has 0 radical (unpaired) electrons. The van der Waals surface area contributed by atoms with Crippen molar-refractivity contribution in [3.05, 3.63) is 29.3 Å². The van der Waals surface area contributed by atoms with Gasteiger partial charge in [0.1, 0.15) is 17.9 Å². The van der Waals surface area contributed by atoms with Gasteiger partial charge in [-0.25, -0.2) is 9.59 Å². The number of fused-ring (bicyclic) bond motifs is 2. The number of amides is 1. The van der Waals surface area contributed by atoms with Crippen LogP contribution in [0, 0.1) is 29.6 Å². The molecule has 0 aromatic heterocycles. The summed E-state index contributed by atoms with van der Waals surface area (Å²) in [6, 6.07) is 5.06. The molecule has 2 bridgehead atoms. The highest BCUT2D eigenvalue weighted by atomic mass is 16.6. The second-order valence-electron chi connectivity index (χ2n) is 11.0. The predicted octanol–water partition coefficient (Wildman–Crippen LogP) is 5.99. The van der Waals surface area contributed by atoms with Crippen LogP contribution in [0.25, 0.3) is 0 Å². The van der Waals surface area contributed by atoms with Crippen LogP contribution in [0.1, 0.15) is 84.8 Å². The molecule has 0 heterocycles. The van der Waals surface area contributed by atoms with Crippen molar-refractivity contribution in [3.63, 3.8) is 0 Å². The Morgan fingerprint density at radius 1 is 1.13 bits per heavy atom. The topological polar surface area (TPSA) is 64.6 Å². The number of carbonyl (C=O) groups is 2. The molecule has 31 heavy (non-hydrogen) atoms. The van der Waals surface area contributed by atoms with Crippen molar-refractivity contribution >= 4 is 12.1 Å². The normalized spacial score (nSPS) is 27.4. The van der Waals surface area contributed by atoms with Gasteiger partial charge in [-0.3, -0.25) is 0 Å². The Bertz CT molecular complexity index is 844. The first kappa shape index (κ1) is 23.6. The molecular formula is C26H39NO4. The molecule has 3 unspecified atom stereocenters. The van der Waals surface area contributed by atoms with E-state index >= 15 is 0 Å². The van der Waals surface area contributed by atoms with Gasteiger partial charge in [0.15, 0.2) is 0 Å². The van der Waals surface area contributed by atoms with Crippen LogP contribution in [-0.4, -0.2) is 24.2 Å². The number of rotatable bonds is 6. The lowest BCUT2D eigenvalue weighted by atomic mass is 9.70. The van der Waals surface area contributed by atoms with Gasteiger partial charge in [0, 0.05) is 5.41 Å². The molecular weight excluding hydrogens is 390 g/mol. The number of esters is 1. The summed E-state index contributed by atoms with van der Waals surface area (Å²) in [7, 11) is 0. The summed E-state index contributed by atoms with van der Waals surface area (Å²) in [6.07, 6.45) is 2.46. The maximum absolute atomic E-state index is 13.1. The number of nitrogens with one attached hydrogen (secondary N) is 1. The lowest BCUT2D eigenvalue weighted by molar-refractivity contribution is -0.160. The minimum atomic E-state index is -0.742. The molecule has 2 aliphatic rings. The molecule has 2 aliphatic carbocycles. The quantitative estimate of drug-likeness (QED) is 0.564. The monoisotopic (exact) mass is 429 g/mol. The van der Waals surface area contributed by atoms with Crippen molar-refractivity contribution in [2.45, 2.75) is 92.7 Å². The van der Waals surface area contributed by atoms with Gasteiger partial charge in [-0.1, -0.05) is 60.6 Å². The van der Waals surface area contributed by atoms with Crippen molar-refractivity contribution in [2.24, 2.45) is 22.7 Å². The van der Waals surface area contributed by atoms with Crippen LogP contribution in [0.3, 0.4) is 0 Å². The highest BCUT2D eigenvalue weighted by Crippen LogP contribution is 2.66. The van der Waals surface area contributed by atoms with Gasteiger partial charge in [-0.2, -0.15) is 0 Å². The molecule has 2 saturated carbocycles. The second-order valence-corrected chi connectivity index (χ2v) is 11.0. The smallest absolute Gasteiger partial charge is 0.413 e. The first-order valence-corrected chi connectivity index (χ1v) is 11.7. The van der Waals surface area contributed by atoms with Gasteiger partial charge in [0.25, 0.3) is 0 Å². The first-order chi connectivity index (χ1) is 14.4. The summed E-state index contributed by atoms with van der Waals surface area (Å²) in [4.78, 5) is 25.6. The maximum Gasteiger partial charge on any atom is 0.413 e. The van der Waals surface area contributed by atoms with E-state index < -0.39 is 12.1 Å². The molecule has 172 valence electrons. The Morgan fingerprint density at radius 3 is 2.29 bits per heavy atom. The molecule has 5 nitrogen and oxygen atoms in total. The largest absolute Gasteiger partial charge is 0.460 e. The predicted molar refractivity (Wildman–Crippen MR) is 122 cm³/mol. The average molecular weight is 430 g/mol. The molecule has 0 aliphatic heterocycles. The fourth-order valence-corrected chi connectivity index (χ4v) is 5.42. The zero-order chi connectivity index (χ0) is 23.1. The van der Waals surface area contributed by atoms with Crippen LogP contribution in [0.15, 0.2) is 18.2 Å². The maximum atomic E-state index is 13.1. The average Bonchev–Trinajstić information content (AvgIpc) is 3.00. The minimum absolute atomic E-state index is 0.00929. The number of hydrogen-bond acceptors (Lipinski definition) is 4. The Morgan fingerprint density at radius 2 is 1.81 bits per heavy atom. The van der Waals surface area contributed by atoms with Crippen molar-refractivity contribution < 1.29 is 19.1 Å². The molecule has 1 N–H and O–H groups in total. The fourth-order valence-electron chi connectivity index (χ4n) is 5.42. The third-order valence-electron chi connectivity index (χ3n) is 8.23. The zero-order valence-electron chi connectivity index (χ0n) is 20.4. The SMILES string of the molecule is Cc1cc(C(C)C)ccc1OC(=O)N[C@@H](C(=O)OC1CC2CCC1(C)C2(C)C)C(C)C. The van der Waals surface area contributed by atoms with Crippen molar-refractivity contribution in [2.75, 3.05) is 0 Å². The second kappa shape index (κ2) is 8.48. The van der Waals surface area contributed by atoms with Gasteiger partial charge in [-0.05, 0) is 66.5 Å². The van der Waals surface area contributed by atoms with Gasteiger partial charge in [0.2, 0.25) is 0 Å².